The molecule has 2 unspecified atom stereocenters. The standard InChI is InChI=1S/C15H23ClN2O4S/c1-4-6-7-18-13(23-3)12(14(19)20-5-2)11(17-18)8-10-9-21-15(16)22-10/h10,15H,4-9H2,1-3H3. The first-order chi connectivity index (χ1) is 11.1. The molecule has 8 heteroatoms. The highest BCUT2D eigenvalue weighted by molar-refractivity contribution is 7.98. The number of alkyl halides is 1. The lowest BCUT2D eigenvalue weighted by molar-refractivity contribution is 0.00798. The van der Waals surface area contributed by atoms with Crippen LogP contribution in [0.25, 0.3) is 0 Å². The molecule has 23 heavy (non-hydrogen) atoms. The van der Waals surface area contributed by atoms with E-state index in [-0.39, 0.29) is 12.1 Å². The predicted molar refractivity (Wildman–Crippen MR) is 89.0 cm³/mol. The van der Waals surface area contributed by atoms with E-state index in [1.807, 2.05) is 10.9 Å². The number of rotatable bonds is 8. The Labute approximate surface area is 145 Å². The van der Waals surface area contributed by atoms with Crippen LogP contribution in [0.4, 0.5) is 0 Å². The van der Waals surface area contributed by atoms with E-state index >= 15 is 0 Å². The molecule has 1 aliphatic rings. The predicted octanol–water partition coefficient (Wildman–Crippen LogP) is 3.06. The quantitative estimate of drug-likeness (QED) is 0.402. The maximum atomic E-state index is 12.4. The Kier molecular flexibility index (Phi) is 7.20. The van der Waals surface area contributed by atoms with Gasteiger partial charge in [0.05, 0.1) is 25.0 Å². The molecule has 6 nitrogen and oxygen atoms in total. The Hall–Kier alpha value is -0.760. The van der Waals surface area contributed by atoms with Crippen molar-refractivity contribution in [3.8, 4) is 0 Å². The first-order valence-electron chi connectivity index (χ1n) is 7.82. The van der Waals surface area contributed by atoms with Crippen LogP contribution in [-0.4, -0.2) is 47.1 Å². The minimum Gasteiger partial charge on any atom is -0.462 e. The van der Waals surface area contributed by atoms with Gasteiger partial charge in [-0.2, -0.15) is 5.10 Å². The van der Waals surface area contributed by atoms with E-state index in [1.54, 1.807) is 6.92 Å². The summed E-state index contributed by atoms with van der Waals surface area (Å²) < 4.78 is 17.8. The summed E-state index contributed by atoms with van der Waals surface area (Å²) in [5, 5.41) is 5.47. The molecular weight excluding hydrogens is 340 g/mol. The molecule has 2 atom stereocenters. The number of aryl methyl sites for hydroxylation is 1. The number of nitrogens with zero attached hydrogens (tertiary/aromatic N) is 2. The average molecular weight is 363 g/mol. The minimum atomic E-state index is -0.728. The molecule has 0 amide bonds. The van der Waals surface area contributed by atoms with E-state index in [0.29, 0.717) is 30.9 Å². The minimum absolute atomic E-state index is 0.199. The number of thioether (sulfide) groups is 1. The van der Waals surface area contributed by atoms with E-state index in [9.17, 15) is 4.79 Å². The topological polar surface area (TPSA) is 62.6 Å². The Morgan fingerprint density at radius 3 is 2.87 bits per heavy atom. The molecule has 0 spiro atoms. The van der Waals surface area contributed by atoms with Crippen LogP contribution in [0.15, 0.2) is 5.03 Å². The highest BCUT2D eigenvalue weighted by Crippen LogP contribution is 2.28. The van der Waals surface area contributed by atoms with Gasteiger partial charge in [-0.05, 0) is 19.6 Å². The van der Waals surface area contributed by atoms with Crippen molar-refractivity contribution in [3.05, 3.63) is 11.3 Å². The van der Waals surface area contributed by atoms with Gasteiger partial charge in [0.15, 0.2) is 0 Å². The third-order valence-electron chi connectivity index (χ3n) is 3.51. The van der Waals surface area contributed by atoms with Gasteiger partial charge < -0.3 is 14.2 Å². The normalized spacial score (nSPS) is 20.9. The number of aromatic nitrogens is 2. The summed E-state index contributed by atoms with van der Waals surface area (Å²) in [6, 6.07) is 0. The van der Waals surface area contributed by atoms with Crippen LogP contribution >= 0.6 is 23.4 Å². The Morgan fingerprint density at radius 2 is 2.30 bits per heavy atom. The molecule has 0 saturated carbocycles. The molecule has 2 rings (SSSR count). The fourth-order valence-corrected chi connectivity index (χ4v) is 3.41. The maximum absolute atomic E-state index is 12.4. The summed E-state index contributed by atoms with van der Waals surface area (Å²) in [5.41, 5.74) is 1.22. The zero-order chi connectivity index (χ0) is 16.8. The lowest BCUT2D eigenvalue weighted by Crippen LogP contribution is -2.17. The molecule has 1 aromatic heterocycles. The number of ether oxygens (including phenoxy) is 3. The molecule has 1 saturated heterocycles. The molecule has 1 aromatic rings. The van der Waals surface area contributed by atoms with Crippen LogP contribution in [0.5, 0.6) is 0 Å². The average Bonchev–Trinajstić information content (AvgIpc) is 3.08. The number of carbonyl (C=O) groups is 1. The van der Waals surface area contributed by atoms with Crippen molar-refractivity contribution in [2.45, 2.75) is 56.5 Å². The highest BCUT2D eigenvalue weighted by atomic mass is 35.5. The van der Waals surface area contributed by atoms with Crippen molar-refractivity contribution in [1.82, 2.24) is 9.78 Å². The number of halogens is 1. The molecule has 0 N–H and O–H groups in total. The molecule has 0 aromatic carbocycles. The van der Waals surface area contributed by atoms with Crippen molar-refractivity contribution in [1.29, 1.82) is 0 Å². The second-order valence-corrected chi connectivity index (χ2v) is 6.35. The second kappa shape index (κ2) is 8.92. The highest BCUT2D eigenvalue weighted by Gasteiger charge is 2.30. The Bertz CT molecular complexity index is 538. The van der Waals surface area contributed by atoms with Crippen molar-refractivity contribution in [2.24, 2.45) is 0 Å². The molecule has 0 bridgehead atoms. The van der Waals surface area contributed by atoms with Crippen LogP contribution in [0.1, 0.15) is 42.7 Å². The molecule has 1 fully saturated rings. The number of esters is 1. The monoisotopic (exact) mass is 362 g/mol. The van der Waals surface area contributed by atoms with Crippen LogP contribution < -0.4 is 0 Å². The fraction of sp³-hybridized carbons (Fsp3) is 0.733. The zero-order valence-electron chi connectivity index (χ0n) is 13.7. The molecular formula is C15H23ClN2O4S. The van der Waals surface area contributed by atoms with Crippen molar-refractivity contribution in [2.75, 3.05) is 19.5 Å². The van der Waals surface area contributed by atoms with Gasteiger partial charge in [0, 0.05) is 13.0 Å². The molecule has 0 aliphatic carbocycles. The van der Waals surface area contributed by atoms with Gasteiger partial charge in [-0.15, -0.1) is 11.8 Å². The van der Waals surface area contributed by atoms with Crippen LogP contribution in [-0.2, 0) is 27.2 Å². The SMILES string of the molecule is CCCCn1nc(CC2COC(Cl)O2)c(C(=O)OCC)c1SC. The van der Waals surface area contributed by atoms with Crippen molar-refractivity contribution in [3.63, 3.8) is 0 Å². The van der Waals surface area contributed by atoms with Crippen LogP contribution in [0.3, 0.4) is 0 Å². The van der Waals surface area contributed by atoms with Crippen LogP contribution in [0, 0.1) is 0 Å². The zero-order valence-corrected chi connectivity index (χ0v) is 15.3. The fourth-order valence-electron chi connectivity index (χ4n) is 2.45. The van der Waals surface area contributed by atoms with Gasteiger partial charge in [0.25, 0.3) is 0 Å². The number of unbranched alkanes of at least 4 members (excludes halogenated alkanes) is 1. The van der Waals surface area contributed by atoms with Gasteiger partial charge >= 0.3 is 5.97 Å². The lowest BCUT2D eigenvalue weighted by Gasteiger charge is -2.08. The number of carbonyl (C=O) groups excluding carboxylic acids is 1. The summed E-state index contributed by atoms with van der Waals surface area (Å²) in [5.74, 6) is -1.07. The van der Waals surface area contributed by atoms with Gasteiger partial charge in [-0.3, -0.25) is 4.68 Å². The third-order valence-corrected chi connectivity index (χ3v) is 4.54. The first kappa shape index (κ1) is 18.6. The number of hydrogen-bond donors (Lipinski definition) is 0. The smallest absolute Gasteiger partial charge is 0.342 e. The van der Waals surface area contributed by atoms with Crippen molar-refractivity contribution >= 4 is 29.3 Å². The van der Waals surface area contributed by atoms with E-state index in [0.717, 1.165) is 24.4 Å². The molecule has 1 aliphatic heterocycles. The largest absolute Gasteiger partial charge is 0.462 e. The summed E-state index contributed by atoms with van der Waals surface area (Å²) >= 11 is 7.30. The van der Waals surface area contributed by atoms with Gasteiger partial charge in [0.1, 0.15) is 10.6 Å². The number of hydrogen-bond acceptors (Lipinski definition) is 6. The van der Waals surface area contributed by atoms with Gasteiger partial charge in [-0.1, -0.05) is 24.9 Å². The van der Waals surface area contributed by atoms with Crippen LogP contribution in [0.2, 0.25) is 0 Å². The van der Waals surface area contributed by atoms with E-state index < -0.39 is 5.75 Å². The van der Waals surface area contributed by atoms with Gasteiger partial charge in [0.2, 0.25) is 5.75 Å². The third kappa shape index (κ3) is 4.62. The first-order valence-corrected chi connectivity index (χ1v) is 9.48. The summed E-state index contributed by atoms with van der Waals surface area (Å²) in [7, 11) is 0. The summed E-state index contributed by atoms with van der Waals surface area (Å²) in [4.78, 5) is 12.4. The molecule has 130 valence electrons. The second-order valence-electron chi connectivity index (χ2n) is 5.20. The van der Waals surface area contributed by atoms with E-state index in [4.69, 9.17) is 25.8 Å². The summed E-state index contributed by atoms with van der Waals surface area (Å²) in [6.45, 7) is 5.43. The Balaban J connectivity index is 2.29. The van der Waals surface area contributed by atoms with E-state index in [2.05, 4.69) is 12.0 Å². The van der Waals surface area contributed by atoms with Gasteiger partial charge in [-0.25, -0.2) is 4.79 Å². The van der Waals surface area contributed by atoms with Crippen molar-refractivity contribution < 1.29 is 19.0 Å². The van der Waals surface area contributed by atoms with E-state index in [1.165, 1.54) is 11.8 Å². The maximum Gasteiger partial charge on any atom is 0.342 e. The lowest BCUT2D eigenvalue weighted by atomic mass is 10.1. The summed E-state index contributed by atoms with van der Waals surface area (Å²) in [6.07, 6.45) is 4.28. The Morgan fingerprint density at radius 1 is 1.52 bits per heavy atom. The molecule has 2 heterocycles. The molecule has 0 radical (unpaired) electrons.